The summed E-state index contributed by atoms with van der Waals surface area (Å²) in [7, 11) is 0. The third-order valence-corrected chi connectivity index (χ3v) is 4.90. The summed E-state index contributed by atoms with van der Waals surface area (Å²) < 4.78 is 0. The van der Waals surface area contributed by atoms with Gasteiger partial charge in [-0.1, -0.05) is 29.6 Å². The summed E-state index contributed by atoms with van der Waals surface area (Å²) in [6.07, 6.45) is 6.41. The number of nitrogens with two attached hydrogens (primary N) is 1. The van der Waals surface area contributed by atoms with Gasteiger partial charge in [0.1, 0.15) is 0 Å². The molecule has 1 aromatic rings. The summed E-state index contributed by atoms with van der Waals surface area (Å²) in [5.41, 5.74) is 7.58. The van der Waals surface area contributed by atoms with Crippen molar-refractivity contribution >= 4 is 23.1 Å². The fourth-order valence-corrected chi connectivity index (χ4v) is 3.88. The van der Waals surface area contributed by atoms with E-state index in [-0.39, 0.29) is 5.84 Å². The number of oxime groups is 1. The summed E-state index contributed by atoms with van der Waals surface area (Å²) in [6, 6.07) is 6.13. The molecule has 1 saturated carbocycles. The minimum atomic E-state index is 0.149. The molecule has 2 unspecified atom stereocenters. The van der Waals surface area contributed by atoms with Gasteiger partial charge in [-0.2, -0.15) is 0 Å². The highest BCUT2D eigenvalue weighted by molar-refractivity contribution is 6.31. The summed E-state index contributed by atoms with van der Waals surface area (Å²) in [5.74, 6) is 0.929. The number of halogens is 1. The second kappa shape index (κ2) is 5.52. The highest BCUT2D eigenvalue weighted by Crippen LogP contribution is 2.40. The third kappa shape index (κ3) is 2.33. The second-order valence-corrected chi connectivity index (χ2v) is 6.18. The molecule has 1 aromatic carbocycles. The number of hydrogen-bond donors (Lipinski definition) is 2. The maximum absolute atomic E-state index is 8.97. The van der Waals surface area contributed by atoms with Crippen LogP contribution in [0.5, 0.6) is 0 Å². The van der Waals surface area contributed by atoms with E-state index in [4.69, 9.17) is 22.5 Å². The molecule has 0 radical (unpaired) electrons. The van der Waals surface area contributed by atoms with E-state index in [1.807, 2.05) is 12.1 Å². The van der Waals surface area contributed by atoms with Crippen molar-refractivity contribution in [3.05, 3.63) is 28.8 Å². The number of anilines is 1. The van der Waals surface area contributed by atoms with Crippen LogP contribution in [0, 0.1) is 5.92 Å². The van der Waals surface area contributed by atoms with Gasteiger partial charge in [0.25, 0.3) is 0 Å². The average Bonchev–Trinajstić information content (AvgIpc) is 2.90. The Kier molecular flexibility index (Phi) is 3.74. The molecule has 3 rings (SSSR count). The largest absolute Gasteiger partial charge is 0.409 e. The summed E-state index contributed by atoms with van der Waals surface area (Å²) in [5, 5.41) is 12.8. The zero-order valence-corrected chi connectivity index (χ0v) is 12.2. The van der Waals surface area contributed by atoms with Crippen molar-refractivity contribution < 1.29 is 5.21 Å². The lowest BCUT2D eigenvalue weighted by molar-refractivity contribution is 0.318. The minimum Gasteiger partial charge on any atom is -0.409 e. The van der Waals surface area contributed by atoms with Crippen LogP contribution >= 0.6 is 11.6 Å². The van der Waals surface area contributed by atoms with Gasteiger partial charge in [0.15, 0.2) is 5.84 Å². The van der Waals surface area contributed by atoms with E-state index < -0.39 is 0 Å². The van der Waals surface area contributed by atoms with Gasteiger partial charge in [-0.3, -0.25) is 0 Å². The maximum Gasteiger partial charge on any atom is 0.172 e. The van der Waals surface area contributed by atoms with Crippen LogP contribution in [-0.4, -0.2) is 23.6 Å². The fraction of sp³-hybridized carbons (Fsp3) is 0.533. The van der Waals surface area contributed by atoms with E-state index in [0.29, 0.717) is 11.1 Å². The molecule has 0 aromatic heterocycles. The van der Waals surface area contributed by atoms with Crippen LogP contribution in [0.15, 0.2) is 23.4 Å². The number of hydrogen-bond acceptors (Lipinski definition) is 3. The zero-order chi connectivity index (χ0) is 14.1. The van der Waals surface area contributed by atoms with Gasteiger partial charge in [0.05, 0.1) is 0 Å². The topological polar surface area (TPSA) is 61.9 Å². The van der Waals surface area contributed by atoms with Gasteiger partial charge in [0, 0.05) is 28.9 Å². The quantitative estimate of drug-likeness (QED) is 0.381. The van der Waals surface area contributed by atoms with Gasteiger partial charge in [-0.25, -0.2) is 0 Å². The van der Waals surface area contributed by atoms with Crippen molar-refractivity contribution in [3.63, 3.8) is 0 Å². The van der Waals surface area contributed by atoms with Gasteiger partial charge < -0.3 is 15.8 Å². The Morgan fingerprint density at radius 2 is 2.10 bits per heavy atom. The molecule has 1 heterocycles. The molecule has 2 fully saturated rings. The van der Waals surface area contributed by atoms with Crippen LogP contribution in [0.1, 0.15) is 37.7 Å². The van der Waals surface area contributed by atoms with Crippen LogP contribution < -0.4 is 10.6 Å². The Hall–Kier alpha value is -1.42. The molecule has 1 saturated heterocycles. The predicted molar refractivity (Wildman–Crippen MR) is 81.7 cm³/mol. The Bertz CT molecular complexity index is 532. The van der Waals surface area contributed by atoms with Crippen molar-refractivity contribution in [2.24, 2.45) is 16.8 Å². The van der Waals surface area contributed by atoms with Crippen molar-refractivity contribution in [2.45, 2.75) is 38.1 Å². The molecule has 1 aliphatic heterocycles. The van der Waals surface area contributed by atoms with Gasteiger partial charge >= 0.3 is 0 Å². The van der Waals surface area contributed by atoms with Crippen LogP contribution in [0.3, 0.4) is 0 Å². The molecular weight excluding hydrogens is 274 g/mol. The zero-order valence-electron chi connectivity index (χ0n) is 11.4. The number of fused-ring (bicyclic) bond motifs is 1. The van der Waals surface area contributed by atoms with Crippen molar-refractivity contribution in [3.8, 4) is 0 Å². The van der Waals surface area contributed by atoms with Gasteiger partial charge in [-0.05, 0) is 43.4 Å². The van der Waals surface area contributed by atoms with Crippen LogP contribution in [0.25, 0.3) is 0 Å². The highest BCUT2D eigenvalue weighted by atomic mass is 35.5. The molecule has 1 aliphatic carbocycles. The molecule has 0 bridgehead atoms. The van der Waals surface area contributed by atoms with Crippen molar-refractivity contribution in [2.75, 3.05) is 11.4 Å². The first-order valence-electron chi connectivity index (χ1n) is 7.25. The molecule has 3 N–H and O–H groups in total. The lowest BCUT2D eigenvalue weighted by Crippen LogP contribution is -2.36. The van der Waals surface area contributed by atoms with E-state index >= 15 is 0 Å². The Labute approximate surface area is 124 Å². The lowest BCUT2D eigenvalue weighted by Gasteiger charge is -2.34. The first-order valence-corrected chi connectivity index (χ1v) is 7.62. The summed E-state index contributed by atoms with van der Waals surface area (Å²) in [6.45, 7) is 1.03. The van der Waals surface area contributed by atoms with Crippen molar-refractivity contribution in [1.82, 2.24) is 0 Å². The Morgan fingerprint density at radius 3 is 2.90 bits per heavy atom. The Balaban J connectivity index is 1.98. The van der Waals surface area contributed by atoms with Gasteiger partial charge in [-0.15, -0.1) is 0 Å². The molecular formula is C15H20ClN3O. The van der Waals surface area contributed by atoms with Crippen molar-refractivity contribution in [1.29, 1.82) is 0 Å². The number of rotatable bonds is 2. The molecule has 4 nitrogen and oxygen atoms in total. The monoisotopic (exact) mass is 293 g/mol. The fourth-order valence-electron chi connectivity index (χ4n) is 3.72. The molecule has 0 spiro atoms. The molecule has 2 atom stereocenters. The minimum absolute atomic E-state index is 0.149. The molecule has 0 amide bonds. The predicted octanol–water partition coefficient (Wildman–Crippen LogP) is 3.20. The second-order valence-electron chi connectivity index (χ2n) is 5.74. The van der Waals surface area contributed by atoms with E-state index in [1.165, 1.54) is 32.1 Å². The first kappa shape index (κ1) is 13.6. The van der Waals surface area contributed by atoms with Crippen LogP contribution in [0.2, 0.25) is 5.02 Å². The van der Waals surface area contributed by atoms with Crippen LogP contribution in [0.4, 0.5) is 5.69 Å². The summed E-state index contributed by atoms with van der Waals surface area (Å²) >= 11 is 6.15. The molecule has 2 aliphatic rings. The third-order valence-electron chi connectivity index (χ3n) is 4.66. The first-order chi connectivity index (χ1) is 9.70. The smallest absolute Gasteiger partial charge is 0.172 e. The summed E-state index contributed by atoms with van der Waals surface area (Å²) in [4.78, 5) is 2.41. The van der Waals surface area contributed by atoms with E-state index in [2.05, 4.69) is 10.1 Å². The Morgan fingerprint density at radius 1 is 1.30 bits per heavy atom. The number of nitrogens with zero attached hydrogens (tertiary/aromatic N) is 2. The number of benzene rings is 1. The van der Waals surface area contributed by atoms with E-state index in [0.717, 1.165) is 23.7 Å². The SMILES string of the molecule is N/C(=N/O)c1ccc(Cl)cc1N1CCC2CCCCC21. The van der Waals surface area contributed by atoms with Crippen LogP contribution in [-0.2, 0) is 0 Å². The maximum atomic E-state index is 8.97. The van der Waals surface area contributed by atoms with E-state index in [9.17, 15) is 0 Å². The average molecular weight is 294 g/mol. The van der Waals surface area contributed by atoms with E-state index in [1.54, 1.807) is 6.07 Å². The standard InChI is InChI=1S/C15H20ClN3O/c16-11-5-6-12(15(17)18-20)14(9-11)19-8-7-10-3-1-2-4-13(10)19/h5-6,9-10,13,20H,1-4,7-8H2,(H2,17,18). The highest BCUT2D eigenvalue weighted by Gasteiger charge is 2.36. The molecule has 20 heavy (non-hydrogen) atoms. The van der Waals surface area contributed by atoms with Gasteiger partial charge in [0.2, 0.25) is 0 Å². The number of amidine groups is 1. The normalized spacial score (nSPS) is 26.6. The lowest BCUT2D eigenvalue weighted by atomic mass is 9.85. The molecule has 108 valence electrons. The molecule has 5 heteroatoms.